The van der Waals surface area contributed by atoms with E-state index in [0.717, 1.165) is 28.9 Å². The molecule has 4 N–H and O–H groups in total. The molecule has 1 aliphatic carbocycles. The second-order valence-electron chi connectivity index (χ2n) is 13.2. The fourth-order valence-corrected chi connectivity index (χ4v) is 6.31. The van der Waals surface area contributed by atoms with Crippen molar-refractivity contribution in [3.05, 3.63) is 82.8 Å². The van der Waals surface area contributed by atoms with Gasteiger partial charge in [-0.05, 0) is 55.2 Å². The molecule has 0 saturated heterocycles. The number of esters is 2. The number of hydrogen-bond acceptors (Lipinski definition) is 11. The van der Waals surface area contributed by atoms with Gasteiger partial charge in [-0.1, -0.05) is 74.5 Å². The second-order valence-corrected chi connectivity index (χ2v) is 15.1. The zero-order valence-electron chi connectivity index (χ0n) is 31.2. The summed E-state index contributed by atoms with van der Waals surface area (Å²) >= 11 is 0. The largest absolute Gasteiger partial charge is 0.466 e. The Labute approximate surface area is 315 Å². The number of carbonyl (C=O) groups excluding carboxylic acids is 6. The first-order valence-corrected chi connectivity index (χ1v) is 19.7. The highest BCUT2D eigenvalue weighted by atomic mass is 32.2. The lowest BCUT2D eigenvalue weighted by Crippen LogP contribution is -2.60. The standard InChI is InChI=1S/C38H50N4O11S/c1-6-51-31(43)21-29(17-18-54(5,49)50)39-36(46)33(24(3)4)41-37(47)34(28-19-26-15-11-12-16-27(26)20-28)42-35(45)30(22-32(44)52-7-2)40-38(48)53-23-25-13-9-8-10-14-25/h8-18,24,28-30,33-34H,6-7,19-23H2,1-5H3,(H,39,46)(H,40,48)(H,41,47)(H,42,45)/b18-17+/t29-,30+,33-,34+/m1/s1. The number of rotatable bonds is 19. The van der Waals surface area contributed by atoms with Crippen LogP contribution in [-0.4, -0.2) is 87.8 Å². The fourth-order valence-electron chi connectivity index (χ4n) is 5.84. The molecule has 3 rings (SSSR count). The van der Waals surface area contributed by atoms with Crippen molar-refractivity contribution in [2.75, 3.05) is 19.5 Å². The Morgan fingerprint density at radius 1 is 0.741 bits per heavy atom. The molecule has 0 bridgehead atoms. The number of sulfone groups is 1. The van der Waals surface area contributed by atoms with Crippen molar-refractivity contribution in [1.29, 1.82) is 0 Å². The quantitative estimate of drug-likeness (QED) is 0.120. The van der Waals surface area contributed by atoms with E-state index in [2.05, 4.69) is 21.3 Å². The third-order valence-corrected chi connectivity index (χ3v) is 9.11. The summed E-state index contributed by atoms with van der Waals surface area (Å²) in [6.45, 7) is 6.55. The average molecular weight is 771 g/mol. The summed E-state index contributed by atoms with van der Waals surface area (Å²) in [5.74, 6) is -4.73. The van der Waals surface area contributed by atoms with Crippen LogP contribution >= 0.6 is 0 Å². The normalized spacial score (nSPS) is 14.9. The first-order chi connectivity index (χ1) is 25.6. The molecule has 2 aromatic carbocycles. The molecule has 0 heterocycles. The summed E-state index contributed by atoms with van der Waals surface area (Å²) in [4.78, 5) is 79.4. The van der Waals surface area contributed by atoms with Crippen LogP contribution in [0.5, 0.6) is 0 Å². The summed E-state index contributed by atoms with van der Waals surface area (Å²) in [5, 5.41) is 11.4. The van der Waals surface area contributed by atoms with Crippen LogP contribution < -0.4 is 21.3 Å². The molecule has 294 valence electrons. The van der Waals surface area contributed by atoms with Gasteiger partial charge in [0.25, 0.3) is 0 Å². The summed E-state index contributed by atoms with van der Waals surface area (Å²) in [6, 6.07) is 11.4. The molecule has 0 aliphatic heterocycles. The topological polar surface area (TPSA) is 212 Å². The van der Waals surface area contributed by atoms with Crippen LogP contribution in [0.3, 0.4) is 0 Å². The van der Waals surface area contributed by atoms with Crippen molar-refractivity contribution in [2.24, 2.45) is 11.8 Å². The SMILES string of the molecule is CCOC(=O)C[C@@H](/C=C/S(C)(=O)=O)NC(=O)[C@H](NC(=O)[C@@H](NC(=O)[C@H](CC(=O)OCC)NC(=O)OCc1ccccc1)C1Cc2ccccc2C1)C(C)C. The molecule has 4 amide bonds. The Balaban J connectivity index is 1.87. The van der Waals surface area contributed by atoms with E-state index in [1.54, 1.807) is 58.0 Å². The van der Waals surface area contributed by atoms with Crippen LogP contribution in [0.15, 0.2) is 66.1 Å². The maximum Gasteiger partial charge on any atom is 0.408 e. The lowest BCUT2D eigenvalue weighted by molar-refractivity contribution is -0.146. The van der Waals surface area contributed by atoms with E-state index in [1.807, 2.05) is 24.3 Å². The van der Waals surface area contributed by atoms with E-state index < -0.39 is 88.0 Å². The van der Waals surface area contributed by atoms with Gasteiger partial charge in [0.05, 0.1) is 32.1 Å². The van der Waals surface area contributed by atoms with Crippen molar-refractivity contribution < 1.29 is 51.4 Å². The van der Waals surface area contributed by atoms with Gasteiger partial charge in [-0.2, -0.15) is 0 Å². The third kappa shape index (κ3) is 14.3. The Morgan fingerprint density at radius 2 is 1.31 bits per heavy atom. The van der Waals surface area contributed by atoms with E-state index in [4.69, 9.17) is 14.2 Å². The van der Waals surface area contributed by atoms with Gasteiger partial charge in [0.2, 0.25) is 17.7 Å². The number of amides is 4. The van der Waals surface area contributed by atoms with Crippen molar-refractivity contribution in [3.8, 4) is 0 Å². The summed E-state index contributed by atoms with van der Waals surface area (Å²) in [5.41, 5.74) is 2.63. The number of hydrogen-bond donors (Lipinski definition) is 4. The van der Waals surface area contributed by atoms with Crippen LogP contribution in [0.4, 0.5) is 4.79 Å². The molecule has 2 aromatic rings. The monoisotopic (exact) mass is 770 g/mol. The van der Waals surface area contributed by atoms with Crippen LogP contribution in [0.2, 0.25) is 0 Å². The van der Waals surface area contributed by atoms with Gasteiger partial charge in [-0.15, -0.1) is 0 Å². The van der Waals surface area contributed by atoms with Crippen LogP contribution in [0, 0.1) is 11.8 Å². The van der Waals surface area contributed by atoms with E-state index >= 15 is 0 Å². The Bertz CT molecular complexity index is 1740. The Hall–Kier alpha value is -5.25. The molecular weight excluding hydrogens is 721 g/mol. The first-order valence-electron chi connectivity index (χ1n) is 17.7. The predicted molar refractivity (Wildman–Crippen MR) is 198 cm³/mol. The zero-order valence-corrected chi connectivity index (χ0v) is 32.0. The second kappa shape index (κ2) is 20.8. The number of nitrogens with one attached hydrogen (secondary N) is 4. The first kappa shape index (κ1) is 43.2. The van der Waals surface area contributed by atoms with E-state index in [9.17, 15) is 37.2 Å². The molecule has 0 unspecified atom stereocenters. The summed E-state index contributed by atoms with van der Waals surface area (Å²) < 4.78 is 38.9. The van der Waals surface area contributed by atoms with Crippen molar-refractivity contribution in [1.82, 2.24) is 21.3 Å². The maximum atomic E-state index is 14.2. The van der Waals surface area contributed by atoms with Crippen LogP contribution in [0.25, 0.3) is 0 Å². The number of benzene rings is 2. The van der Waals surface area contributed by atoms with Gasteiger partial charge in [-0.3, -0.25) is 24.0 Å². The molecule has 0 radical (unpaired) electrons. The molecule has 0 spiro atoms. The molecule has 15 nitrogen and oxygen atoms in total. The summed E-state index contributed by atoms with van der Waals surface area (Å²) in [7, 11) is -3.61. The lowest BCUT2D eigenvalue weighted by atomic mass is 9.93. The van der Waals surface area contributed by atoms with Gasteiger partial charge in [0.15, 0.2) is 9.84 Å². The number of carbonyl (C=O) groups is 6. The van der Waals surface area contributed by atoms with Gasteiger partial charge in [0.1, 0.15) is 24.7 Å². The van der Waals surface area contributed by atoms with Crippen LogP contribution in [-0.2, 0) is 67.5 Å². The minimum atomic E-state index is -3.61. The number of alkyl carbamates (subject to hydrolysis) is 1. The van der Waals surface area contributed by atoms with E-state index in [0.29, 0.717) is 18.4 Å². The highest BCUT2D eigenvalue weighted by molar-refractivity contribution is 7.93. The molecule has 16 heteroatoms. The van der Waals surface area contributed by atoms with Gasteiger partial charge in [-0.25, -0.2) is 13.2 Å². The third-order valence-electron chi connectivity index (χ3n) is 8.46. The minimum absolute atomic E-state index is 0.0281. The Morgan fingerprint density at radius 3 is 1.87 bits per heavy atom. The smallest absolute Gasteiger partial charge is 0.408 e. The van der Waals surface area contributed by atoms with Gasteiger partial charge in [0, 0.05) is 11.7 Å². The van der Waals surface area contributed by atoms with E-state index in [-0.39, 0.29) is 26.2 Å². The number of ether oxygens (including phenoxy) is 3. The number of fused-ring (bicyclic) bond motifs is 1. The van der Waals surface area contributed by atoms with Gasteiger partial charge < -0.3 is 35.5 Å². The van der Waals surface area contributed by atoms with Crippen molar-refractivity contribution >= 4 is 45.6 Å². The molecule has 0 aromatic heterocycles. The molecular formula is C38H50N4O11S. The highest BCUT2D eigenvalue weighted by Gasteiger charge is 2.39. The maximum absolute atomic E-state index is 14.2. The minimum Gasteiger partial charge on any atom is -0.466 e. The zero-order chi connectivity index (χ0) is 39.8. The molecule has 54 heavy (non-hydrogen) atoms. The van der Waals surface area contributed by atoms with Gasteiger partial charge >= 0.3 is 18.0 Å². The average Bonchev–Trinajstić information content (AvgIpc) is 3.54. The molecule has 4 atom stereocenters. The molecule has 1 aliphatic rings. The van der Waals surface area contributed by atoms with Crippen LogP contribution in [0.1, 0.15) is 57.2 Å². The Kier molecular flexibility index (Phi) is 16.7. The molecule has 0 saturated carbocycles. The molecule has 0 fully saturated rings. The van der Waals surface area contributed by atoms with Crippen molar-refractivity contribution in [2.45, 2.75) is 84.2 Å². The fraction of sp³-hybridized carbons (Fsp3) is 0.474. The van der Waals surface area contributed by atoms with Crippen molar-refractivity contribution in [3.63, 3.8) is 0 Å². The predicted octanol–water partition coefficient (Wildman–Crippen LogP) is 2.27. The highest BCUT2D eigenvalue weighted by Crippen LogP contribution is 2.29. The van der Waals surface area contributed by atoms with E-state index in [1.165, 1.54) is 0 Å². The lowest BCUT2D eigenvalue weighted by Gasteiger charge is -2.30. The summed E-state index contributed by atoms with van der Waals surface area (Å²) in [6.07, 6.45) is 1.02.